The van der Waals surface area contributed by atoms with Crippen molar-refractivity contribution in [2.24, 2.45) is 10.7 Å². The molecular weight excluding hydrogens is 170 g/mol. The van der Waals surface area contributed by atoms with E-state index in [0.717, 1.165) is 13.1 Å². The first-order valence-electron chi connectivity index (χ1n) is 4.39. The molecule has 2 rings (SSSR count). The van der Waals surface area contributed by atoms with E-state index in [1.54, 1.807) is 0 Å². The van der Waals surface area contributed by atoms with E-state index in [4.69, 9.17) is 10.5 Å². The van der Waals surface area contributed by atoms with Gasteiger partial charge < -0.3 is 15.4 Å². The summed E-state index contributed by atoms with van der Waals surface area (Å²) in [4.78, 5) is 17.2. The van der Waals surface area contributed by atoms with E-state index < -0.39 is 5.60 Å². The SMILES string of the molecule is CN1CCC2(CC1)OC(N)=NC2=O. The van der Waals surface area contributed by atoms with Crippen LogP contribution in [0.4, 0.5) is 0 Å². The number of carbonyl (C=O) groups excluding carboxylic acids is 1. The summed E-state index contributed by atoms with van der Waals surface area (Å²) in [6, 6.07) is 0.0227. The van der Waals surface area contributed by atoms with E-state index in [-0.39, 0.29) is 11.9 Å². The van der Waals surface area contributed by atoms with Crippen LogP contribution in [0, 0.1) is 0 Å². The molecule has 2 aliphatic heterocycles. The van der Waals surface area contributed by atoms with Gasteiger partial charge in [0, 0.05) is 25.9 Å². The van der Waals surface area contributed by atoms with Crippen LogP contribution in [0.3, 0.4) is 0 Å². The van der Waals surface area contributed by atoms with E-state index in [1.807, 2.05) is 7.05 Å². The largest absolute Gasteiger partial charge is 0.448 e. The minimum Gasteiger partial charge on any atom is -0.448 e. The molecule has 13 heavy (non-hydrogen) atoms. The number of likely N-dealkylation sites (tertiary alicyclic amines) is 1. The summed E-state index contributed by atoms with van der Waals surface area (Å²) in [6.07, 6.45) is 1.37. The van der Waals surface area contributed by atoms with Gasteiger partial charge in [0.25, 0.3) is 11.9 Å². The Morgan fingerprint density at radius 1 is 1.54 bits per heavy atom. The number of ether oxygens (including phenoxy) is 1. The molecule has 1 fully saturated rings. The zero-order valence-corrected chi connectivity index (χ0v) is 7.62. The lowest BCUT2D eigenvalue weighted by atomic mass is 9.91. The third-order valence-corrected chi connectivity index (χ3v) is 2.70. The third kappa shape index (κ3) is 1.29. The minimum atomic E-state index is -0.726. The molecule has 2 N–H and O–H groups in total. The highest BCUT2D eigenvalue weighted by Crippen LogP contribution is 2.30. The predicted molar refractivity (Wildman–Crippen MR) is 47.2 cm³/mol. The van der Waals surface area contributed by atoms with Crippen molar-refractivity contribution in [2.75, 3.05) is 20.1 Å². The van der Waals surface area contributed by atoms with Gasteiger partial charge >= 0.3 is 0 Å². The number of aliphatic imine (C=N–C) groups is 1. The Labute approximate surface area is 76.6 Å². The van der Waals surface area contributed by atoms with Crippen LogP contribution in [0.5, 0.6) is 0 Å². The maximum atomic E-state index is 11.5. The lowest BCUT2D eigenvalue weighted by Crippen LogP contribution is -2.48. The van der Waals surface area contributed by atoms with Crippen LogP contribution in [0.15, 0.2) is 4.99 Å². The van der Waals surface area contributed by atoms with Crippen LogP contribution >= 0.6 is 0 Å². The Morgan fingerprint density at radius 3 is 2.62 bits per heavy atom. The molecule has 2 aliphatic rings. The molecular formula is C8H13N3O2. The van der Waals surface area contributed by atoms with Gasteiger partial charge in [0.05, 0.1) is 0 Å². The minimum absolute atomic E-state index is 0.0227. The van der Waals surface area contributed by atoms with Gasteiger partial charge in [-0.15, -0.1) is 0 Å². The number of nitrogens with two attached hydrogens (primary N) is 1. The second-order valence-corrected chi connectivity index (χ2v) is 3.65. The number of rotatable bonds is 0. The van der Waals surface area contributed by atoms with E-state index in [2.05, 4.69) is 9.89 Å². The highest BCUT2D eigenvalue weighted by atomic mass is 16.5. The van der Waals surface area contributed by atoms with E-state index in [1.165, 1.54) is 0 Å². The van der Waals surface area contributed by atoms with Gasteiger partial charge in [-0.05, 0) is 7.05 Å². The van der Waals surface area contributed by atoms with Crippen molar-refractivity contribution in [3.8, 4) is 0 Å². The Bertz CT molecular complexity index is 267. The molecule has 0 aliphatic carbocycles. The molecule has 0 atom stereocenters. The van der Waals surface area contributed by atoms with Crippen molar-refractivity contribution in [1.82, 2.24) is 4.90 Å². The fourth-order valence-corrected chi connectivity index (χ4v) is 1.76. The molecule has 72 valence electrons. The zero-order chi connectivity index (χ0) is 9.47. The molecule has 0 aromatic heterocycles. The highest BCUT2D eigenvalue weighted by molar-refractivity contribution is 6.00. The van der Waals surface area contributed by atoms with Crippen LogP contribution in [-0.2, 0) is 9.53 Å². The van der Waals surface area contributed by atoms with Gasteiger partial charge in [-0.1, -0.05) is 0 Å². The smallest absolute Gasteiger partial charge is 0.294 e. The van der Waals surface area contributed by atoms with Gasteiger partial charge in [0.15, 0.2) is 5.60 Å². The second-order valence-electron chi connectivity index (χ2n) is 3.65. The van der Waals surface area contributed by atoms with Crippen molar-refractivity contribution < 1.29 is 9.53 Å². The molecule has 0 aromatic rings. The number of amidine groups is 1. The lowest BCUT2D eigenvalue weighted by molar-refractivity contribution is -0.134. The number of hydrogen-bond acceptors (Lipinski definition) is 4. The number of hydrogen-bond donors (Lipinski definition) is 1. The fraction of sp³-hybridized carbons (Fsp3) is 0.750. The maximum absolute atomic E-state index is 11.5. The van der Waals surface area contributed by atoms with Gasteiger partial charge in [-0.25, -0.2) is 0 Å². The first-order chi connectivity index (χ1) is 6.12. The summed E-state index contributed by atoms with van der Waals surface area (Å²) in [5.74, 6) is -0.210. The molecule has 1 spiro atoms. The van der Waals surface area contributed by atoms with Crippen molar-refractivity contribution in [1.29, 1.82) is 0 Å². The van der Waals surface area contributed by atoms with E-state index >= 15 is 0 Å². The van der Waals surface area contributed by atoms with Gasteiger partial charge in [-0.3, -0.25) is 4.79 Å². The Balaban J connectivity index is 2.12. The van der Waals surface area contributed by atoms with Gasteiger partial charge in [0.1, 0.15) is 0 Å². The van der Waals surface area contributed by atoms with Crippen LogP contribution in [0.25, 0.3) is 0 Å². The molecule has 5 heteroatoms. The summed E-state index contributed by atoms with van der Waals surface area (Å²) < 4.78 is 5.30. The average Bonchev–Trinajstić information content (AvgIpc) is 2.34. The lowest BCUT2D eigenvalue weighted by Gasteiger charge is -2.34. The van der Waals surface area contributed by atoms with Crippen LogP contribution in [0.2, 0.25) is 0 Å². The number of nitrogens with zero attached hydrogens (tertiary/aromatic N) is 2. The standard InChI is InChI=1S/C8H13N3O2/c1-11-4-2-8(3-5-11)6(12)10-7(9)13-8/h2-5H2,1H3,(H2,9,10,12). The molecule has 1 saturated heterocycles. The first-order valence-corrected chi connectivity index (χ1v) is 4.39. The topological polar surface area (TPSA) is 67.9 Å². The second kappa shape index (κ2) is 2.70. The summed E-state index contributed by atoms with van der Waals surface area (Å²) in [7, 11) is 2.02. The Kier molecular flexibility index (Phi) is 1.76. The fourth-order valence-electron chi connectivity index (χ4n) is 1.76. The van der Waals surface area contributed by atoms with Crippen molar-refractivity contribution in [3.63, 3.8) is 0 Å². The van der Waals surface area contributed by atoms with Crippen LogP contribution in [-0.4, -0.2) is 42.6 Å². The van der Waals surface area contributed by atoms with E-state index in [9.17, 15) is 4.79 Å². The summed E-state index contributed by atoms with van der Waals surface area (Å²) >= 11 is 0. The van der Waals surface area contributed by atoms with Crippen molar-refractivity contribution in [2.45, 2.75) is 18.4 Å². The number of piperidine rings is 1. The van der Waals surface area contributed by atoms with E-state index in [0.29, 0.717) is 12.8 Å². The summed E-state index contributed by atoms with van der Waals surface area (Å²) in [5, 5.41) is 0. The van der Waals surface area contributed by atoms with Crippen molar-refractivity contribution in [3.05, 3.63) is 0 Å². The molecule has 0 aromatic carbocycles. The normalized spacial score (nSPS) is 27.5. The maximum Gasteiger partial charge on any atom is 0.294 e. The Hall–Kier alpha value is -1.10. The number of carbonyl (C=O) groups is 1. The molecule has 0 bridgehead atoms. The third-order valence-electron chi connectivity index (χ3n) is 2.70. The van der Waals surface area contributed by atoms with Crippen LogP contribution in [0.1, 0.15) is 12.8 Å². The average molecular weight is 183 g/mol. The summed E-state index contributed by atoms with van der Waals surface area (Å²) in [5.41, 5.74) is 4.63. The van der Waals surface area contributed by atoms with Gasteiger partial charge in [0.2, 0.25) is 0 Å². The first kappa shape index (κ1) is 8.50. The molecule has 1 amide bonds. The summed E-state index contributed by atoms with van der Waals surface area (Å²) in [6.45, 7) is 1.71. The van der Waals surface area contributed by atoms with Crippen molar-refractivity contribution >= 4 is 11.9 Å². The monoisotopic (exact) mass is 183 g/mol. The quantitative estimate of drug-likeness (QED) is 0.540. The van der Waals surface area contributed by atoms with Crippen LogP contribution < -0.4 is 5.73 Å². The molecule has 5 nitrogen and oxygen atoms in total. The number of amides is 1. The predicted octanol–water partition coefficient (Wildman–Crippen LogP) is -0.678. The zero-order valence-electron chi connectivity index (χ0n) is 7.62. The molecule has 0 saturated carbocycles. The molecule has 2 heterocycles. The van der Waals surface area contributed by atoms with Gasteiger partial charge in [-0.2, -0.15) is 4.99 Å². The highest BCUT2D eigenvalue weighted by Gasteiger charge is 2.47. The molecule has 0 unspecified atom stereocenters. The molecule has 0 radical (unpaired) electrons. The Morgan fingerprint density at radius 2 is 2.15 bits per heavy atom.